The summed E-state index contributed by atoms with van der Waals surface area (Å²) in [4.78, 5) is 48.7. The molecule has 0 radical (unpaired) electrons. The van der Waals surface area contributed by atoms with Crippen LogP contribution < -0.4 is 0 Å². The number of carbonyl (C=O) groups is 4. The third-order valence-electron chi connectivity index (χ3n) is 8.99. The minimum Gasteiger partial charge on any atom is -0.457 e. The molecule has 3 aliphatic heterocycles. The summed E-state index contributed by atoms with van der Waals surface area (Å²) in [6, 6.07) is 0. The predicted octanol–water partition coefficient (Wildman–Crippen LogP) is 3.14. The maximum atomic E-state index is 12.8. The van der Waals surface area contributed by atoms with Crippen molar-refractivity contribution in [2.75, 3.05) is 19.8 Å². The Bertz CT molecular complexity index is 1010. The summed E-state index contributed by atoms with van der Waals surface area (Å²) in [5.41, 5.74) is -0.750. The van der Waals surface area contributed by atoms with Crippen LogP contribution in [0, 0.1) is 29.1 Å². The minimum absolute atomic E-state index is 0.000441. The van der Waals surface area contributed by atoms with Gasteiger partial charge in [0.1, 0.15) is 0 Å². The van der Waals surface area contributed by atoms with Gasteiger partial charge in [-0.1, -0.05) is 34.6 Å². The number of hydrogen-bond donors (Lipinski definition) is 0. The minimum atomic E-state index is -1.12. The van der Waals surface area contributed by atoms with Crippen molar-refractivity contribution in [3.8, 4) is 0 Å². The molecule has 13 nitrogen and oxygen atoms in total. The van der Waals surface area contributed by atoms with E-state index in [1.165, 1.54) is 20.8 Å². The molecule has 44 heavy (non-hydrogen) atoms. The van der Waals surface area contributed by atoms with Gasteiger partial charge in [0.05, 0.1) is 37.4 Å². The highest BCUT2D eigenvalue weighted by Gasteiger charge is 2.50. The van der Waals surface area contributed by atoms with Crippen LogP contribution in [0.25, 0.3) is 0 Å². The molecule has 0 bridgehead atoms. The molecule has 3 aliphatic rings. The van der Waals surface area contributed by atoms with E-state index >= 15 is 0 Å². The second-order valence-corrected chi connectivity index (χ2v) is 12.9. The predicted molar refractivity (Wildman–Crippen MR) is 152 cm³/mol. The van der Waals surface area contributed by atoms with Crippen LogP contribution in [0.15, 0.2) is 0 Å². The van der Waals surface area contributed by atoms with Gasteiger partial charge in [-0.05, 0) is 26.2 Å². The average Bonchev–Trinajstić information content (AvgIpc) is 2.94. The van der Waals surface area contributed by atoms with Gasteiger partial charge in [0, 0.05) is 38.5 Å². The van der Waals surface area contributed by atoms with Crippen LogP contribution in [-0.2, 0) is 61.8 Å². The zero-order valence-electron chi connectivity index (χ0n) is 27.6. The lowest BCUT2D eigenvalue weighted by atomic mass is 9.88. The van der Waals surface area contributed by atoms with Gasteiger partial charge in [-0.15, -0.1) is 0 Å². The van der Waals surface area contributed by atoms with Crippen LogP contribution in [0.3, 0.4) is 0 Å². The maximum Gasteiger partial charge on any atom is 0.313 e. The molecule has 0 aromatic carbocycles. The third-order valence-corrected chi connectivity index (χ3v) is 8.99. The van der Waals surface area contributed by atoms with Crippen LogP contribution in [0.5, 0.6) is 0 Å². The lowest BCUT2D eigenvalue weighted by Gasteiger charge is -2.46. The van der Waals surface area contributed by atoms with E-state index in [1.54, 1.807) is 20.8 Å². The Balaban J connectivity index is 1.73. The van der Waals surface area contributed by atoms with Crippen LogP contribution in [0.1, 0.15) is 75.7 Å². The second-order valence-electron chi connectivity index (χ2n) is 12.9. The molecular formula is C31H50O13. The molecular weight excluding hydrogens is 580 g/mol. The number of esters is 4. The van der Waals surface area contributed by atoms with E-state index in [2.05, 4.69) is 0 Å². The molecule has 252 valence electrons. The van der Waals surface area contributed by atoms with Crippen molar-refractivity contribution in [2.45, 2.75) is 125 Å². The van der Waals surface area contributed by atoms with E-state index in [-0.39, 0.29) is 25.0 Å². The van der Waals surface area contributed by atoms with Crippen molar-refractivity contribution < 1.29 is 61.8 Å². The van der Waals surface area contributed by atoms with Gasteiger partial charge >= 0.3 is 23.9 Å². The first-order valence-corrected chi connectivity index (χ1v) is 15.4. The van der Waals surface area contributed by atoms with Gasteiger partial charge in [0.25, 0.3) is 0 Å². The zero-order valence-corrected chi connectivity index (χ0v) is 27.6. The molecule has 0 spiro atoms. The van der Waals surface area contributed by atoms with Crippen LogP contribution in [-0.4, -0.2) is 93.1 Å². The highest BCUT2D eigenvalue weighted by molar-refractivity contribution is 5.76. The van der Waals surface area contributed by atoms with Crippen molar-refractivity contribution in [1.29, 1.82) is 0 Å². The Morgan fingerprint density at radius 1 is 0.614 bits per heavy atom. The molecule has 3 rings (SSSR count). The molecule has 13 heteroatoms. The standard InChI is InChI=1S/C31H50O13/c1-11-31(9,10)30(35)44-29-26(41-21(8)34)18(5)23(14-38-29)43-28-25(40-20(7)33)17(4)22(13-37-28)42-27-24(39-19(6)32)16(3)15(2)12-36-27/h15-18,22-29H,11-14H2,1-10H3. The first-order chi connectivity index (χ1) is 20.5. The highest BCUT2D eigenvalue weighted by Crippen LogP contribution is 2.36. The lowest BCUT2D eigenvalue weighted by Crippen LogP contribution is -2.58. The van der Waals surface area contributed by atoms with E-state index in [9.17, 15) is 19.2 Å². The number of ether oxygens (including phenoxy) is 9. The van der Waals surface area contributed by atoms with Crippen LogP contribution in [0.4, 0.5) is 0 Å². The van der Waals surface area contributed by atoms with E-state index in [0.717, 1.165) is 0 Å². The summed E-state index contributed by atoms with van der Waals surface area (Å²) in [7, 11) is 0. The fourth-order valence-electron chi connectivity index (χ4n) is 5.33. The van der Waals surface area contributed by atoms with Crippen molar-refractivity contribution in [1.82, 2.24) is 0 Å². The number of rotatable bonds is 10. The molecule has 0 aromatic heterocycles. The monoisotopic (exact) mass is 630 g/mol. The molecule has 0 N–H and O–H groups in total. The molecule has 0 aromatic rings. The Morgan fingerprint density at radius 2 is 1.00 bits per heavy atom. The summed E-state index contributed by atoms with van der Waals surface area (Å²) in [6.07, 6.45) is -6.09. The largest absolute Gasteiger partial charge is 0.457 e. The fraction of sp³-hybridized carbons (Fsp3) is 0.871. The summed E-state index contributed by atoms with van der Waals surface area (Å²) >= 11 is 0. The van der Waals surface area contributed by atoms with E-state index < -0.39 is 90.5 Å². The van der Waals surface area contributed by atoms with Gasteiger partial charge in [0.2, 0.25) is 6.29 Å². The Hall–Kier alpha value is -2.32. The maximum absolute atomic E-state index is 12.8. The van der Waals surface area contributed by atoms with E-state index in [1.807, 2.05) is 27.7 Å². The van der Waals surface area contributed by atoms with Gasteiger partial charge in [-0.2, -0.15) is 0 Å². The van der Waals surface area contributed by atoms with Crippen molar-refractivity contribution >= 4 is 23.9 Å². The van der Waals surface area contributed by atoms with Gasteiger partial charge in [-0.25, -0.2) is 0 Å². The summed E-state index contributed by atoms with van der Waals surface area (Å²) < 4.78 is 52.9. The molecule has 12 atom stereocenters. The molecule has 0 aliphatic carbocycles. The molecule has 3 heterocycles. The molecule has 3 fully saturated rings. The summed E-state index contributed by atoms with van der Waals surface area (Å²) in [5.74, 6) is -2.76. The van der Waals surface area contributed by atoms with Crippen LogP contribution in [0.2, 0.25) is 0 Å². The van der Waals surface area contributed by atoms with Crippen LogP contribution >= 0.6 is 0 Å². The summed E-state index contributed by atoms with van der Waals surface area (Å²) in [5, 5.41) is 0. The highest BCUT2D eigenvalue weighted by atomic mass is 16.8. The average molecular weight is 631 g/mol. The Morgan fingerprint density at radius 3 is 1.43 bits per heavy atom. The zero-order chi connectivity index (χ0) is 32.9. The van der Waals surface area contributed by atoms with Gasteiger partial charge in [-0.3, -0.25) is 19.2 Å². The van der Waals surface area contributed by atoms with Crippen molar-refractivity contribution in [2.24, 2.45) is 29.1 Å². The Labute approximate surface area is 259 Å². The quantitative estimate of drug-likeness (QED) is 0.257. The molecule has 0 amide bonds. The topological polar surface area (TPSA) is 151 Å². The number of hydrogen-bond acceptors (Lipinski definition) is 13. The Kier molecular flexibility index (Phi) is 12.6. The summed E-state index contributed by atoms with van der Waals surface area (Å²) in [6.45, 7) is 17.4. The van der Waals surface area contributed by atoms with Crippen molar-refractivity contribution in [3.63, 3.8) is 0 Å². The first-order valence-electron chi connectivity index (χ1n) is 15.4. The lowest BCUT2D eigenvalue weighted by molar-refractivity contribution is -0.333. The van der Waals surface area contributed by atoms with E-state index in [0.29, 0.717) is 13.0 Å². The van der Waals surface area contributed by atoms with E-state index in [4.69, 9.17) is 42.6 Å². The SMILES string of the molecule is CCC(C)(C)C(=O)OC1OCC(OC2OCC(OC3OCC(C)C(C)C3OC(C)=O)C(C)C2OC(C)=O)C(C)C1OC(C)=O. The second kappa shape index (κ2) is 15.3. The number of carbonyl (C=O) groups excluding carboxylic acids is 4. The van der Waals surface area contributed by atoms with Gasteiger partial charge < -0.3 is 42.6 Å². The smallest absolute Gasteiger partial charge is 0.313 e. The van der Waals surface area contributed by atoms with Gasteiger partial charge in [0.15, 0.2) is 30.9 Å². The van der Waals surface area contributed by atoms with Crippen molar-refractivity contribution in [3.05, 3.63) is 0 Å². The normalized spacial score (nSPS) is 37.9. The molecule has 12 unspecified atom stereocenters. The third kappa shape index (κ3) is 8.90. The molecule has 3 saturated heterocycles. The molecule has 0 saturated carbocycles. The fourth-order valence-corrected chi connectivity index (χ4v) is 5.33. The first kappa shape index (κ1) is 36.2.